The maximum Gasteiger partial charge on any atom is 0.277 e. The molecule has 0 fully saturated rings. The summed E-state index contributed by atoms with van der Waals surface area (Å²) in [5.74, 6) is 0.289. The van der Waals surface area contributed by atoms with E-state index in [1.807, 2.05) is 32.0 Å². The molecule has 0 radical (unpaired) electrons. The first kappa shape index (κ1) is 17.3. The topological polar surface area (TPSA) is 50.7 Å². The van der Waals surface area contributed by atoms with Crippen LogP contribution in [0, 0.1) is 13.8 Å². The average molecular weight is 351 g/mol. The Morgan fingerprint density at radius 3 is 2.65 bits per heavy atom. The van der Waals surface area contributed by atoms with Crippen molar-refractivity contribution in [3.05, 3.63) is 63.1 Å². The Labute approximate surface area is 145 Å². The SMILES string of the molecule is Cc1ccc(OCC(=O)N/N=C\c2ccc(Cl)cc2Cl)cc1C. The van der Waals surface area contributed by atoms with Gasteiger partial charge in [0.25, 0.3) is 5.91 Å². The molecule has 0 aliphatic rings. The lowest BCUT2D eigenvalue weighted by Gasteiger charge is -2.07. The highest BCUT2D eigenvalue weighted by Crippen LogP contribution is 2.19. The number of hydrogen-bond donors (Lipinski definition) is 1. The lowest BCUT2D eigenvalue weighted by atomic mass is 10.1. The van der Waals surface area contributed by atoms with E-state index in [9.17, 15) is 4.79 Å². The van der Waals surface area contributed by atoms with Gasteiger partial charge >= 0.3 is 0 Å². The highest BCUT2D eigenvalue weighted by molar-refractivity contribution is 6.36. The normalized spacial score (nSPS) is 10.8. The molecule has 2 rings (SSSR count). The number of hydrazone groups is 1. The summed E-state index contributed by atoms with van der Waals surface area (Å²) in [6.45, 7) is 3.89. The minimum Gasteiger partial charge on any atom is -0.484 e. The smallest absolute Gasteiger partial charge is 0.277 e. The van der Waals surface area contributed by atoms with Crippen LogP contribution in [0.4, 0.5) is 0 Å². The van der Waals surface area contributed by atoms with Crippen molar-refractivity contribution in [2.24, 2.45) is 5.10 Å². The van der Waals surface area contributed by atoms with Crippen molar-refractivity contribution >= 4 is 35.3 Å². The highest BCUT2D eigenvalue weighted by Gasteiger charge is 2.03. The van der Waals surface area contributed by atoms with Crippen LogP contribution in [0.15, 0.2) is 41.5 Å². The van der Waals surface area contributed by atoms with Gasteiger partial charge in [0.05, 0.1) is 11.2 Å². The number of amides is 1. The fourth-order valence-corrected chi connectivity index (χ4v) is 2.22. The van der Waals surface area contributed by atoms with Gasteiger partial charge in [-0.15, -0.1) is 0 Å². The van der Waals surface area contributed by atoms with E-state index >= 15 is 0 Å². The monoisotopic (exact) mass is 350 g/mol. The van der Waals surface area contributed by atoms with Gasteiger partial charge < -0.3 is 4.74 Å². The number of benzene rings is 2. The number of aryl methyl sites for hydroxylation is 2. The van der Waals surface area contributed by atoms with Crippen LogP contribution in [0.5, 0.6) is 5.75 Å². The van der Waals surface area contributed by atoms with Gasteiger partial charge in [-0.1, -0.05) is 35.3 Å². The summed E-state index contributed by atoms with van der Waals surface area (Å²) >= 11 is 11.8. The van der Waals surface area contributed by atoms with Crippen molar-refractivity contribution in [1.29, 1.82) is 0 Å². The van der Waals surface area contributed by atoms with Crippen molar-refractivity contribution in [3.63, 3.8) is 0 Å². The van der Waals surface area contributed by atoms with E-state index in [0.717, 1.165) is 5.56 Å². The number of rotatable bonds is 5. The molecule has 0 atom stereocenters. The molecule has 23 heavy (non-hydrogen) atoms. The summed E-state index contributed by atoms with van der Waals surface area (Å²) in [6, 6.07) is 10.7. The molecule has 0 aliphatic heterocycles. The third kappa shape index (κ3) is 5.27. The van der Waals surface area contributed by atoms with Gasteiger partial charge in [-0.3, -0.25) is 4.79 Å². The maximum atomic E-state index is 11.7. The number of halogens is 2. The standard InChI is InChI=1S/C17H16Cl2N2O2/c1-11-3-6-15(7-12(11)2)23-10-17(22)21-20-9-13-4-5-14(18)8-16(13)19/h3-9H,10H2,1-2H3,(H,21,22)/b20-9-. The molecular formula is C17H16Cl2N2O2. The van der Waals surface area contributed by atoms with Gasteiger partial charge in [0, 0.05) is 10.6 Å². The van der Waals surface area contributed by atoms with Gasteiger partial charge in [-0.25, -0.2) is 5.43 Å². The molecule has 1 amide bonds. The molecular weight excluding hydrogens is 335 g/mol. The quantitative estimate of drug-likeness (QED) is 0.650. The van der Waals surface area contributed by atoms with Crippen LogP contribution in [0.1, 0.15) is 16.7 Å². The van der Waals surface area contributed by atoms with E-state index in [1.165, 1.54) is 11.8 Å². The average Bonchev–Trinajstić information content (AvgIpc) is 2.50. The zero-order valence-corrected chi connectivity index (χ0v) is 14.3. The van der Waals surface area contributed by atoms with Crippen LogP contribution >= 0.6 is 23.2 Å². The van der Waals surface area contributed by atoms with Gasteiger partial charge in [0.15, 0.2) is 6.61 Å². The first-order chi connectivity index (χ1) is 11.0. The third-order valence-corrected chi connectivity index (χ3v) is 3.77. The number of hydrogen-bond acceptors (Lipinski definition) is 3. The molecule has 120 valence electrons. The second kappa shape index (κ2) is 7.99. The molecule has 1 N–H and O–H groups in total. The summed E-state index contributed by atoms with van der Waals surface area (Å²) in [7, 11) is 0. The van der Waals surface area contributed by atoms with Crippen molar-refractivity contribution in [2.75, 3.05) is 6.61 Å². The zero-order chi connectivity index (χ0) is 16.8. The molecule has 0 spiro atoms. The van der Waals surface area contributed by atoms with Crippen LogP contribution in [-0.4, -0.2) is 18.7 Å². The largest absolute Gasteiger partial charge is 0.484 e. The van der Waals surface area contributed by atoms with Crippen molar-refractivity contribution in [1.82, 2.24) is 5.43 Å². The third-order valence-electron chi connectivity index (χ3n) is 3.20. The lowest BCUT2D eigenvalue weighted by Crippen LogP contribution is -2.24. The van der Waals surface area contributed by atoms with E-state index in [4.69, 9.17) is 27.9 Å². The predicted molar refractivity (Wildman–Crippen MR) is 93.6 cm³/mol. The van der Waals surface area contributed by atoms with Crippen LogP contribution in [0.25, 0.3) is 0 Å². The molecule has 0 bridgehead atoms. The molecule has 6 heteroatoms. The zero-order valence-electron chi connectivity index (χ0n) is 12.8. The molecule has 2 aromatic rings. The fourth-order valence-electron chi connectivity index (χ4n) is 1.76. The molecule has 0 saturated heterocycles. The van der Waals surface area contributed by atoms with Crippen molar-refractivity contribution in [3.8, 4) is 5.75 Å². The van der Waals surface area contributed by atoms with Gasteiger partial charge in [0.2, 0.25) is 0 Å². The van der Waals surface area contributed by atoms with Crippen LogP contribution in [-0.2, 0) is 4.79 Å². The first-order valence-corrected chi connectivity index (χ1v) is 7.68. The predicted octanol–water partition coefficient (Wildman–Crippen LogP) is 4.14. The van der Waals surface area contributed by atoms with E-state index in [0.29, 0.717) is 21.4 Å². The minimum atomic E-state index is -0.357. The van der Waals surface area contributed by atoms with Gasteiger partial charge in [-0.05, 0) is 49.2 Å². The Morgan fingerprint density at radius 1 is 1.17 bits per heavy atom. The lowest BCUT2D eigenvalue weighted by molar-refractivity contribution is -0.123. The van der Waals surface area contributed by atoms with Crippen LogP contribution < -0.4 is 10.2 Å². The summed E-state index contributed by atoms with van der Waals surface area (Å²) in [5, 5.41) is 4.84. The molecule has 4 nitrogen and oxygen atoms in total. The maximum absolute atomic E-state index is 11.7. The Kier molecular flexibility index (Phi) is 6.02. The molecule has 0 heterocycles. The van der Waals surface area contributed by atoms with Gasteiger partial charge in [0.1, 0.15) is 5.75 Å². The Bertz CT molecular complexity index is 745. The fraction of sp³-hybridized carbons (Fsp3) is 0.176. The highest BCUT2D eigenvalue weighted by atomic mass is 35.5. The van der Waals surface area contributed by atoms with E-state index in [2.05, 4.69) is 10.5 Å². The Hall–Kier alpha value is -2.04. The van der Waals surface area contributed by atoms with Crippen molar-refractivity contribution in [2.45, 2.75) is 13.8 Å². The number of nitrogens with one attached hydrogen (secondary N) is 1. The van der Waals surface area contributed by atoms with E-state index in [1.54, 1.807) is 18.2 Å². The Morgan fingerprint density at radius 2 is 1.96 bits per heavy atom. The first-order valence-electron chi connectivity index (χ1n) is 6.92. The second-order valence-corrected chi connectivity index (χ2v) is 5.84. The Balaban J connectivity index is 1.85. The minimum absolute atomic E-state index is 0.117. The van der Waals surface area contributed by atoms with E-state index < -0.39 is 0 Å². The van der Waals surface area contributed by atoms with Crippen molar-refractivity contribution < 1.29 is 9.53 Å². The number of ether oxygens (including phenoxy) is 1. The van der Waals surface area contributed by atoms with E-state index in [-0.39, 0.29) is 12.5 Å². The summed E-state index contributed by atoms with van der Waals surface area (Å²) < 4.78 is 5.42. The molecule has 0 unspecified atom stereocenters. The summed E-state index contributed by atoms with van der Waals surface area (Å²) in [6.07, 6.45) is 1.45. The summed E-state index contributed by atoms with van der Waals surface area (Å²) in [5.41, 5.74) is 5.32. The molecule has 0 aromatic heterocycles. The number of carbonyl (C=O) groups is 1. The molecule has 0 aliphatic carbocycles. The van der Waals surface area contributed by atoms with Gasteiger partial charge in [-0.2, -0.15) is 5.10 Å². The van der Waals surface area contributed by atoms with Crippen LogP contribution in [0.3, 0.4) is 0 Å². The second-order valence-electron chi connectivity index (χ2n) is 4.99. The number of nitrogens with zero attached hydrogens (tertiary/aromatic N) is 1. The number of carbonyl (C=O) groups excluding carboxylic acids is 1. The van der Waals surface area contributed by atoms with Crippen LogP contribution in [0.2, 0.25) is 10.0 Å². The summed E-state index contributed by atoms with van der Waals surface area (Å²) in [4.78, 5) is 11.7. The molecule has 0 saturated carbocycles. The molecule has 2 aromatic carbocycles.